The number of esters is 1. The fourth-order valence-electron chi connectivity index (χ4n) is 5.39. The Labute approximate surface area is 242 Å². The van der Waals surface area contributed by atoms with Gasteiger partial charge in [0.15, 0.2) is 11.6 Å². The molecule has 0 aliphatic carbocycles. The van der Waals surface area contributed by atoms with Crippen LogP contribution in [-0.4, -0.2) is 37.9 Å². The van der Waals surface area contributed by atoms with Gasteiger partial charge in [-0.25, -0.2) is 23.5 Å². The standard InChI is InChI=1S/C30H25F2N5O4S/c1-16-11-18(15-35(2)29(16)39)17-9-10-36-24(12-17)34-26(27(36)28-33-14-23(42-28)30(40)41-3)22-5-4-6-25(38)37(22)19-7-8-20(31)21(32)13-19/h7-15,22H,4-6H2,1-3H3. The fourth-order valence-corrected chi connectivity index (χ4v) is 6.27. The highest BCUT2D eigenvalue weighted by molar-refractivity contribution is 7.16. The number of anilines is 1. The van der Waals surface area contributed by atoms with Crippen LogP contribution in [-0.2, 0) is 16.6 Å². The maximum Gasteiger partial charge on any atom is 0.349 e. The predicted octanol–water partition coefficient (Wildman–Crippen LogP) is 5.45. The lowest BCUT2D eigenvalue weighted by atomic mass is 9.96. The van der Waals surface area contributed by atoms with Crippen LogP contribution >= 0.6 is 11.3 Å². The van der Waals surface area contributed by atoms with E-state index in [0.717, 1.165) is 34.6 Å². The van der Waals surface area contributed by atoms with Crippen molar-refractivity contribution >= 4 is 34.5 Å². The lowest BCUT2D eigenvalue weighted by Crippen LogP contribution is -2.38. The number of nitrogens with zero attached hydrogens (tertiary/aromatic N) is 5. The highest BCUT2D eigenvalue weighted by Crippen LogP contribution is 2.41. The molecule has 5 heterocycles. The smallest absolute Gasteiger partial charge is 0.349 e. The van der Waals surface area contributed by atoms with Crippen molar-refractivity contribution < 1.29 is 23.1 Å². The van der Waals surface area contributed by atoms with E-state index in [1.165, 1.54) is 28.8 Å². The number of fused-ring (bicyclic) bond motifs is 1. The van der Waals surface area contributed by atoms with E-state index in [1.807, 2.05) is 28.8 Å². The maximum atomic E-state index is 14.3. The summed E-state index contributed by atoms with van der Waals surface area (Å²) in [5.41, 5.74) is 3.99. The number of hydrogen-bond acceptors (Lipinski definition) is 7. The molecule has 1 aliphatic rings. The van der Waals surface area contributed by atoms with Crippen LogP contribution < -0.4 is 10.5 Å². The SMILES string of the molecule is COC(=O)c1cnc(-c2c(C3CCCC(=O)N3c3ccc(F)c(F)c3)nc3cc(-c4cc(C)c(=O)n(C)c4)ccn23)s1. The molecule has 0 saturated carbocycles. The summed E-state index contributed by atoms with van der Waals surface area (Å²) < 4.78 is 36.3. The van der Waals surface area contributed by atoms with E-state index >= 15 is 0 Å². The van der Waals surface area contributed by atoms with Crippen LogP contribution in [0.25, 0.3) is 27.5 Å². The van der Waals surface area contributed by atoms with Gasteiger partial charge in [0.25, 0.3) is 5.56 Å². The minimum absolute atomic E-state index is 0.0883. The van der Waals surface area contributed by atoms with Crippen molar-refractivity contribution in [3.8, 4) is 21.8 Å². The topological polar surface area (TPSA) is 98.8 Å². The molecule has 5 aromatic rings. The predicted molar refractivity (Wildman–Crippen MR) is 153 cm³/mol. The third-order valence-corrected chi connectivity index (χ3v) is 8.37. The number of thiazole rings is 1. The summed E-state index contributed by atoms with van der Waals surface area (Å²) in [6.45, 7) is 1.75. The maximum absolute atomic E-state index is 14.3. The summed E-state index contributed by atoms with van der Waals surface area (Å²) in [4.78, 5) is 49.0. The number of aryl methyl sites for hydroxylation is 2. The van der Waals surface area contributed by atoms with Gasteiger partial charge in [0, 0.05) is 43.2 Å². The Morgan fingerprint density at radius 2 is 1.90 bits per heavy atom. The lowest BCUT2D eigenvalue weighted by molar-refractivity contribution is -0.120. The monoisotopic (exact) mass is 589 g/mol. The van der Waals surface area contributed by atoms with Gasteiger partial charge in [0.2, 0.25) is 5.91 Å². The number of piperidine rings is 1. The van der Waals surface area contributed by atoms with Crippen LogP contribution in [0.2, 0.25) is 0 Å². The minimum atomic E-state index is -1.06. The molecule has 1 aliphatic heterocycles. The van der Waals surface area contributed by atoms with E-state index in [-0.39, 0.29) is 23.6 Å². The second-order valence-corrected chi connectivity index (χ2v) is 11.1. The second kappa shape index (κ2) is 10.6. The van der Waals surface area contributed by atoms with Gasteiger partial charge in [-0.1, -0.05) is 0 Å². The molecule has 0 radical (unpaired) electrons. The summed E-state index contributed by atoms with van der Waals surface area (Å²) in [7, 11) is 2.98. The molecule has 0 N–H and O–H groups in total. The molecule has 1 fully saturated rings. The fraction of sp³-hybridized carbons (Fsp3) is 0.233. The zero-order valence-electron chi connectivity index (χ0n) is 22.9. The molecule has 1 amide bonds. The molecular weight excluding hydrogens is 564 g/mol. The minimum Gasteiger partial charge on any atom is -0.465 e. The Morgan fingerprint density at radius 1 is 1.10 bits per heavy atom. The first-order chi connectivity index (χ1) is 20.2. The van der Waals surface area contributed by atoms with E-state index in [2.05, 4.69) is 4.98 Å². The number of hydrogen-bond donors (Lipinski definition) is 0. The Balaban J connectivity index is 1.56. The number of carbonyl (C=O) groups excluding carboxylic acids is 2. The van der Waals surface area contributed by atoms with Crippen molar-refractivity contribution in [2.24, 2.45) is 7.05 Å². The number of halogens is 2. The van der Waals surface area contributed by atoms with Crippen LogP contribution in [0, 0.1) is 18.6 Å². The second-order valence-electron chi connectivity index (χ2n) is 10.1. The Kier molecular flexibility index (Phi) is 6.93. The van der Waals surface area contributed by atoms with Crippen LogP contribution in [0.1, 0.15) is 46.2 Å². The number of rotatable bonds is 5. The number of methoxy groups -OCH3 is 1. The summed E-state index contributed by atoms with van der Waals surface area (Å²) in [5, 5.41) is 0.479. The van der Waals surface area contributed by atoms with E-state index in [1.54, 1.807) is 20.2 Å². The number of imidazole rings is 1. The average molecular weight is 590 g/mol. The van der Waals surface area contributed by atoms with Crippen molar-refractivity contribution in [2.75, 3.05) is 12.0 Å². The molecule has 1 saturated heterocycles. The normalized spacial score (nSPS) is 15.4. The van der Waals surface area contributed by atoms with Crippen molar-refractivity contribution in [2.45, 2.75) is 32.2 Å². The van der Waals surface area contributed by atoms with Crippen LogP contribution in [0.3, 0.4) is 0 Å². The summed E-state index contributed by atoms with van der Waals surface area (Å²) in [5.74, 6) is -2.83. The largest absolute Gasteiger partial charge is 0.465 e. The molecule has 1 aromatic carbocycles. The van der Waals surface area contributed by atoms with E-state index in [4.69, 9.17) is 9.72 Å². The summed E-state index contributed by atoms with van der Waals surface area (Å²) >= 11 is 1.13. The molecule has 9 nitrogen and oxygen atoms in total. The lowest BCUT2D eigenvalue weighted by Gasteiger charge is -2.35. The van der Waals surface area contributed by atoms with Crippen molar-refractivity contribution in [3.63, 3.8) is 0 Å². The number of carbonyl (C=O) groups is 2. The Morgan fingerprint density at radius 3 is 2.64 bits per heavy atom. The molecule has 1 unspecified atom stereocenters. The van der Waals surface area contributed by atoms with E-state index in [0.29, 0.717) is 45.3 Å². The Hall–Kier alpha value is -4.71. The van der Waals surface area contributed by atoms with E-state index in [9.17, 15) is 23.2 Å². The third-order valence-electron chi connectivity index (χ3n) is 7.39. The number of pyridine rings is 2. The molecular formula is C30H25F2N5O4S. The van der Waals surface area contributed by atoms with Gasteiger partial charge in [-0.2, -0.15) is 0 Å². The van der Waals surface area contributed by atoms with Gasteiger partial charge in [0.05, 0.1) is 25.0 Å². The quantitative estimate of drug-likeness (QED) is 0.253. The van der Waals surface area contributed by atoms with Crippen LogP contribution in [0.15, 0.2) is 59.8 Å². The number of ether oxygens (including phenoxy) is 1. The average Bonchev–Trinajstić information content (AvgIpc) is 3.61. The highest BCUT2D eigenvalue weighted by atomic mass is 32.1. The first kappa shape index (κ1) is 27.5. The number of aromatic nitrogens is 4. The highest BCUT2D eigenvalue weighted by Gasteiger charge is 2.36. The molecule has 0 bridgehead atoms. The van der Waals surface area contributed by atoms with Crippen molar-refractivity contribution in [1.82, 2.24) is 18.9 Å². The van der Waals surface area contributed by atoms with Gasteiger partial charge in [-0.05, 0) is 61.2 Å². The Bertz CT molecular complexity index is 1920. The summed E-state index contributed by atoms with van der Waals surface area (Å²) in [6, 6.07) is 8.34. The first-order valence-corrected chi connectivity index (χ1v) is 14.0. The molecule has 4 aromatic heterocycles. The molecule has 12 heteroatoms. The molecule has 1 atom stereocenters. The van der Waals surface area contributed by atoms with Crippen molar-refractivity contribution in [1.29, 1.82) is 0 Å². The van der Waals surface area contributed by atoms with Gasteiger partial charge in [0.1, 0.15) is 21.2 Å². The zero-order chi connectivity index (χ0) is 29.7. The van der Waals surface area contributed by atoms with Crippen LogP contribution in [0.4, 0.5) is 14.5 Å². The third kappa shape index (κ3) is 4.67. The molecule has 6 rings (SSSR count). The number of amides is 1. The van der Waals surface area contributed by atoms with Crippen molar-refractivity contribution in [3.05, 3.63) is 93.1 Å². The molecule has 42 heavy (non-hydrogen) atoms. The van der Waals surface area contributed by atoms with E-state index < -0.39 is 23.6 Å². The molecule has 214 valence electrons. The summed E-state index contributed by atoms with van der Waals surface area (Å²) in [6.07, 6.45) is 6.34. The van der Waals surface area contributed by atoms with Gasteiger partial charge in [-0.15, -0.1) is 11.3 Å². The first-order valence-electron chi connectivity index (χ1n) is 13.2. The van der Waals surface area contributed by atoms with Gasteiger partial charge < -0.3 is 14.2 Å². The number of benzene rings is 1. The van der Waals surface area contributed by atoms with Crippen LogP contribution in [0.5, 0.6) is 0 Å². The van der Waals surface area contributed by atoms with Gasteiger partial charge >= 0.3 is 5.97 Å². The zero-order valence-corrected chi connectivity index (χ0v) is 23.7. The van der Waals surface area contributed by atoms with Gasteiger partial charge in [-0.3, -0.25) is 14.0 Å². The molecule has 0 spiro atoms.